The van der Waals surface area contributed by atoms with E-state index in [-0.39, 0.29) is 1.43 Å². The minimum atomic E-state index is 0. The van der Waals surface area contributed by atoms with Crippen molar-refractivity contribution in [1.29, 1.82) is 0 Å². The Labute approximate surface area is 44.0 Å². The van der Waals surface area contributed by atoms with Crippen molar-refractivity contribution in [1.82, 2.24) is 10.2 Å². The Morgan fingerprint density at radius 1 is 1.71 bits per heavy atom. The second kappa shape index (κ2) is 1.37. The minimum Gasteiger partial charge on any atom is -0.283 e. The maximum Gasteiger partial charge on any atom is 0.0593 e. The van der Waals surface area contributed by atoms with E-state index in [1.165, 1.54) is 0 Å². The topological polar surface area (TPSA) is 28.7 Å². The highest BCUT2D eigenvalue weighted by molar-refractivity contribution is 5.03. The standard InChI is InChI=1S/C5H8N2.H2/c1-4-3-5(2)7-6-4;/h3H,1-2H3,(H,6,7);1H. The zero-order valence-electron chi connectivity index (χ0n) is 4.52. The predicted octanol–water partition coefficient (Wildman–Crippen LogP) is 1.27. The van der Waals surface area contributed by atoms with Gasteiger partial charge in [-0.3, -0.25) is 5.10 Å². The Kier molecular flexibility index (Phi) is 0.855. The first kappa shape index (κ1) is 4.37. The first-order valence-electron chi connectivity index (χ1n) is 2.27. The average Bonchev–Trinajstić information content (AvgIpc) is 1.87. The van der Waals surface area contributed by atoms with Gasteiger partial charge in [-0.25, -0.2) is 0 Å². The van der Waals surface area contributed by atoms with Crippen molar-refractivity contribution in [2.45, 2.75) is 13.8 Å². The summed E-state index contributed by atoms with van der Waals surface area (Å²) in [6.45, 7) is 3.95. The van der Waals surface area contributed by atoms with Gasteiger partial charge in [-0.05, 0) is 19.9 Å². The van der Waals surface area contributed by atoms with Crippen LogP contribution in [0.25, 0.3) is 0 Å². The van der Waals surface area contributed by atoms with E-state index in [9.17, 15) is 0 Å². The largest absolute Gasteiger partial charge is 0.283 e. The molecule has 0 bridgehead atoms. The lowest BCUT2D eigenvalue weighted by Gasteiger charge is -1.68. The van der Waals surface area contributed by atoms with Gasteiger partial charge in [-0.15, -0.1) is 0 Å². The molecular formula is C5H10N2. The minimum absolute atomic E-state index is 0. The van der Waals surface area contributed by atoms with Crippen LogP contribution in [0, 0.1) is 13.8 Å². The van der Waals surface area contributed by atoms with Gasteiger partial charge in [0, 0.05) is 7.12 Å². The summed E-state index contributed by atoms with van der Waals surface area (Å²) in [4.78, 5) is 0. The molecule has 0 aliphatic carbocycles. The maximum atomic E-state index is 3.89. The van der Waals surface area contributed by atoms with Gasteiger partial charge in [-0.1, -0.05) is 0 Å². The van der Waals surface area contributed by atoms with Gasteiger partial charge < -0.3 is 0 Å². The SMILES string of the molecule is Cc1cc(C)[nH]n1.[HH]. The van der Waals surface area contributed by atoms with Gasteiger partial charge in [0.15, 0.2) is 0 Å². The number of hydrogen-bond donors (Lipinski definition) is 1. The van der Waals surface area contributed by atoms with Gasteiger partial charge in [0.25, 0.3) is 0 Å². The van der Waals surface area contributed by atoms with E-state index < -0.39 is 0 Å². The molecule has 0 saturated carbocycles. The van der Waals surface area contributed by atoms with Gasteiger partial charge >= 0.3 is 0 Å². The van der Waals surface area contributed by atoms with Crippen molar-refractivity contribution in [2.75, 3.05) is 0 Å². The summed E-state index contributed by atoms with van der Waals surface area (Å²) in [6.07, 6.45) is 0. The Hall–Kier alpha value is -0.790. The molecule has 1 rings (SSSR count). The molecule has 40 valence electrons. The predicted molar refractivity (Wildman–Crippen MR) is 30.2 cm³/mol. The molecule has 2 heteroatoms. The van der Waals surface area contributed by atoms with Crippen LogP contribution in [0.5, 0.6) is 0 Å². The molecule has 0 atom stereocenters. The van der Waals surface area contributed by atoms with Crippen molar-refractivity contribution < 1.29 is 1.43 Å². The monoisotopic (exact) mass is 98.1 g/mol. The van der Waals surface area contributed by atoms with E-state index in [1.54, 1.807) is 0 Å². The van der Waals surface area contributed by atoms with Crippen molar-refractivity contribution in [2.24, 2.45) is 0 Å². The van der Waals surface area contributed by atoms with Crippen molar-refractivity contribution >= 4 is 0 Å². The number of nitrogens with zero attached hydrogens (tertiary/aromatic N) is 1. The molecule has 0 aromatic carbocycles. The molecule has 1 N–H and O–H groups in total. The Morgan fingerprint density at radius 2 is 2.43 bits per heavy atom. The second-order valence-electron chi connectivity index (χ2n) is 1.69. The molecule has 0 saturated heterocycles. The highest BCUT2D eigenvalue weighted by Gasteiger charge is 1.84. The first-order chi connectivity index (χ1) is 3.29. The van der Waals surface area contributed by atoms with Crippen LogP contribution in [-0.2, 0) is 0 Å². The summed E-state index contributed by atoms with van der Waals surface area (Å²) >= 11 is 0. The maximum absolute atomic E-state index is 3.89. The third-order valence-corrected chi connectivity index (χ3v) is 0.834. The summed E-state index contributed by atoms with van der Waals surface area (Å²) in [7, 11) is 0. The van der Waals surface area contributed by atoms with Crippen LogP contribution < -0.4 is 0 Å². The fourth-order valence-corrected chi connectivity index (χ4v) is 0.554. The summed E-state index contributed by atoms with van der Waals surface area (Å²) in [5, 5.41) is 6.71. The zero-order valence-corrected chi connectivity index (χ0v) is 4.52. The number of nitrogens with one attached hydrogen (secondary N) is 1. The summed E-state index contributed by atoms with van der Waals surface area (Å²) in [6, 6.07) is 2.00. The summed E-state index contributed by atoms with van der Waals surface area (Å²) in [5.74, 6) is 0. The summed E-state index contributed by atoms with van der Waals surface area (Å²) < 4.78 is 0. The number of aromatic nitrogens is 2. The van der Waals surface area contributed by atoms with Crippen molar-refractivity contribution in [3.8, 4) is 0 Å². The lowest BCUT2D eigenvalue weighted by molar-refractivity contribution is 1.02. The fourth-order valence-electron chi connectivity index (χ4n) is 0.554. The van der Waals surface area contributed by atoms with E-state index >= 15 is 0 Å². The number of aromatic amines is 1. The van der Waals surface area contributed by atoms with Gasteiger partial charge in [0.1, 0.15) is 0 Å². The molecule has 7 heavy (non-hydrogen) atoms. The van der Waals surface area contributed by atoms with Crippen LogP contribution in [0.1, 0.15) is 12.8 Å². The quantitative estimate of drug-likeness (QED) is 0.520. The van der Waals surface area contributed by atoms with Gasteiger partial charge in [0.2, 0.25) is 0 Å². The van der Waals surface area contributed by atoms with E-state index in [0.29, 0.717) is 0 Å². The molecule has 0 radical (unpaired) electrons. The molecule has 1 aromatic heterocycles. The van der Waals surface area contributed by atoms with E-state index in [0.717, 1.165) is 11.4 Å². The smallest absolute Gasteiger partial charge is 0.0593 e. The van der Waals surface area contributed by atoms with Gasteiger partial charge in [-0.2, -0.15) is 5.10 Å². The molecular weight excluding hydrogens is 88.1 g/mol. The Morgan fingerprint density at radius 3 is 2.57 bits per heavy atom. The molecule has 1 heterocycles. The molecule has 0 fully saturated rings. The Bertz CT molecular complexity index is 143. The lowest BCUT2D eigenvalue weighted by atomic mass is 10.4. The third kappa shape index (κ3) is 0.796. The van der Waals surface area contributed by atoms with E-state index in [1.807, 2.05) is 19.9 Å². The first-order valence-corrected chi connectivity index (χ1v) is 2.27. The van der Waals surface area contributed by atoms with Crippen LogP contribution in [0.15, 0.2) is 6.07 Å². The fraction of sp³-hybridized carbons (Fsp3) is 0.400. The van der Waals surface area contributed by atoms with Crippen LogP contribution in [0.4, 0.5) is 0 Å². The number of hydrogen-bond acceptors (Lipinski definition) is 1. The van der Waals surface area contributed by atoms with Crippen molar-refractivity contribution in [3.05, 3.63) is 17.5 Å². The third-order valence-electron chi connectivity index (χ3n) is 0.834. The Balaban J connectivity index is 0.000000490. The van der Waals surface area contributed by atoms with E-state index in [2.05, 4.69) is 10.2 Å². The molecule has 0 unspecified atom stereocenters. The van der Waals surface area contributed by atoms with Crippen LogP contribution in [-0.4, -0.2) is 10.2 Å². The summed E-state index contributed by atoms with van der Waals surface area (Å²) in [5.41, 5.74) is 2.18. The lowest BCUT2D eigenvalue weighted by Crippen LogP contribution is -1.68. The van der Waals surface area contributed by atoms with Gasteiger partial charge in [0.05, 0.1) is 5.69 Å². The molecule has 0 spiro atoms. The normalized spacial score (nSPS) is 9.43. The number of rotatable bonds is 0. The van der Waals surface area contributed by atoms with Crippen molar-refractivity contribution in [3.63, 3.8) is 0 Å². The second-order valence-corrected chi connectivity index (χ2v) is 1.69. The van der Waals surface area contributed by atoms with E-state index in [4.69, 9.17) is 0 Å². The number of aryl methyl sites for hydroxylation is 2. The van der Waals surface area contributed by atoms with Crippen LogP contribution in [0.2, 0.25) is 0 Å². The zero-order chi connectivity index (χ0) is 5.28. The highest BCUT2D eigenvalue weighted by atomic mass is 15.1. The molecule has 1 aromatic rings. The van der Waals surface area contributed by atoms with Crippen LogP contribution >= 0.6 is 0 Å². The molecule has 2 nitrogen and oxygen atoms in total. The van der Waals surface area contributed by atoms with Crippen LogP contribution in [0.3, 0.4) is 0 Å². The highest BCUT2D eigenvalue weighted by Crippen LogP contribution is 1.92. The number of H-pyrrole nitrogens is 1. The average molecular weight is 98.1 g/mol. The molecule has 0 amide bonds. The molecule has 0 aliphatic heterocycles. The molecule has 0 aliphatic rings.